The summed E-state index contributed by atoms with van der Waals surface area (Å²) >= 11 is 0. The predicted molar refractivity (Wildman–Crippen MR) is 77.7 cm³/mol. The molecule has 0 saturated carbocycles. The maximum Gasteiger partial charge on any atom is 0.130 e. The van der Waals surface area contributed by atoms with E-state index in [0.29, 0.717) is 17.9 Å². The van der Waals surface area contributed by atoms with Gasteiger partial charge in [0, 0.05) is 0 Å². The molecule has 19 heavy (non-hydrogen) atoms. The van der Waals surface area contributed by atoms with E-state index in [4.69, 9.17) is 15.9 Å². The molecule has 0 aliphatic rings. The second-order valence-electron chi connectivity index (χ2n) is 4.57. The molecule has 0 aliphatic heterocycles. The zero-order chi connectivity index (χ0) is 13.8. The fraction of sp³-hybridized carbons (Fsp3) is 0.188. The van der Waals surface area contributed by atoms with Crippen molar-refractivity contribution in [2.45, 2.75) is 20.5 Å². The van der Waals surface area contributed by atoms with Gasteiger partial charge >= 0.3 is 0 Å². The summed E-state index contributed by atoms with van der Waals surface area (Å²) in [5.74, 6) is 0.676. The number of amidine groups is 1. The molecular formula is C16H18N2O. The Balaban J connectivity index is 2.22. The minimum absolute atomic E-state index is 0.0251. The van der Waals surface area contributed by atoms with Gasteiger partial charge in [0.1, 0.15) is 18.2 Å². The molecule has 2 rings (SSSR count). The van der Waals surface area contributed by atoms with Crippen LogP contribution in [0.15, 0.2) is 42.5 Å². The molecule has 0 amide bonds. The number of hydrogen-bond acceptors (Lipinski definition) is 2. The molecule has 0 spiro atoms. The van der Waals surface area contributed by atoms with Gasteiger partial charge in [-0.15, -0.1) is 0 Å². The summed E-state index contributed by atoms with van der Waals surface area (Å²) in [4.78, 5) is 0. The van der Waals surface area contributed by atoms with Gasteiger partial charge in [-0.25, -0.2) is 0 Å². The lowest BCUT2D eigenvalue weighted by atomic mass is 10.0. The van der Waals surface area contributed by atoms with E-state index in [1.54, 1.807) is 6.07 Å². The average Bonchev–Trinajstić information content (AvgIpc) is 2.38. The predicted octanol–water partition coefficient (Wildman–Crippen LogP) is 3.17. The summed E-state index contributed by atoms with van der Waals surface area (Å²) in [7, 11) is 0. The quantitative estimate of drug-likeness (QED) is 0.650. The maximum atomic E-state index is 7.54. The van der Waals surface area contributed by atoms with Gasteiger partial charge in [-0.3, -0.25) is 5.41 Å². The Bertz CT molecular complexity index is 585. The van der Waals surface area contributed by atoms with Crippen molar-refractivity contribution < 1.29 is 4.74 Å². The summed E-state index contributed by atoms with van der Waals surface area (Å²) < 4.78 is 5.83. The zero-order valence-electron chi connectivity index (χ0n) is 11.2. The Hall–Kier alpha value is -2.29. The van der Waals surface area contributed by atoms with E-state index in [9.17, 15) is 0 Å². The molecule has 0 aliphatic carbocycles. The molecule has 0 heterocycles. The minimum atomic E-state index is 0.0251. The van der Waals surface area contributed by atoms with E-state index >= 15 is 0 Å². The molecule has 98 valence electrons. The van der Waals surface area contributed by atoms with Crippen molar-refractivity contribution in [1.82, 2.24) is 0 Å². The van der Waals surface area contributed by atoms with Crippen molar-refractivity contribution in [2.24, 2.45) is 5.73 Å². The van der Waals surface area contributed by atoms with Crippen LogP contribution in [0.1, 0.15) is 22.3 Å². The van der Waals surface area contributed by atoms with Gasteiger partial charge in [-0.2, -0.15) is 0 Å². The highest BCUT2D eigenvalue weighted by Crippen LogP contribution is 2.21. The second kappa shape index (κ2) is 5.57. The van der Waals surface area contributed by atoms with Gasteiger partial charge < -0.3 is 10.5 Å². The molecule has 0 aromatic heterocycles. The SMILES string of the molecule is Cc1cccc(C)c1COc1ccccc1C(=N)N. The average molecular weight is 254 g/mol. The van der Waals surface area contributed by atoms with E-state index < -0.39 is 0 Å². The highest BCUT2D eigenvalue weighted by atomic mass is 16.5. The van der Waals surface area contributed by atoms with E-state index in [1.165, 1.54) is 16.7 Å². The highest BCUT2D eigenvalue weighted by Gasteiger charge is 2.07. The standard InChI is InChI=1S/C16H18N2O/c1-11-6-5-7-12(2)14(11)10-19-15-9-4-3-8-13(15)16(17)18/h3-9H,10H2,1-2H3,(H3,17,18). The summed E-state index contributed by atoms with van der Waals surface area (Å²) in [5.41, 5.74) is 9.78. The van der Waals surface area contributed by atoms with E-state index in [0.717, 1.165) is 0 Å². The van der Waals surface area contributed by atoms with Crippen LogP contribution in [0.2, 0.25) is 0 Å². The fourth-order valence-corrected chi connectivity index (χ4v) is 2.04. The Morgan fingerprint density at radius 1 is 1.05 bits per heavy atom. The monoisotopic (exact) mass is 254 g/mol. The molecule has 3 N–H and O–H groups in total. The lowest BCUT2D eigenvalue weighted by molar-refractivity contribution is 0.304. The van der Waals surface area contributed by atoms with Crippen LogP contribution in [0, 0.1) is 19.3 Å². The number of rotatable bonds is 4. The Kier molecular flexibility index (Phi) is 3.85. The number of para-hydroxylation sites is 1. The molecule has 3 nitrogen and oxygen atoms in total. The molecule has 2 aromatic carbocycles. The Morgan fingerprint density at radius 3 is 2.32 bits per heavy atom. The first-order valence-corrected chi connectivity index (χ1v) is 6.21. The third-order valence-corrected chi connectivity index (χ3v) is 3.19. The number of nitrogens with two attached hydrogens (primary N) is 1. The largest absolute Gasteiger partial charge is 0.488 e. The lowest BCUT2D eigenvalue weighted by Gasteiger charge is -2.13. The highest BCUT2D eigenvalue weighted by molar-refractivity contribution is 5.97. The minimum Gasteiger partial charge on any atom is -0.488 e. The smallest absolute Gasteiger partial charge is 0.130 e. The number of ether oxygens (including phenoxy) is 1. The Morgan fingerprint density at radius 2 is 1.68 bits per heavy atom. The van der Waals surface area contributed by atoms with Gasteiger partial charge in [0.15, 0.2) is 0 Å². The van der Waals surface area contributed by atoms with Gasteiger partial charge in [0.2, 0.25) is 0 Å². The summed E-state index contributed by atoms with van der Waals surface area (Å²) in [5, 5.41) is 7.54. The Labute approximate surface area is 113 Å². The first-order chi connectivity index (χ1) is 9.09. The van der Waals surface area contributed by atoms with Crippen molar-refractivity contribution >= 4 is 5.84 Å². The normalized spacial score (nSPS) is 10.2. The second-order valence-corrected chi connectivity index (χ2v) is 4.57. The van der Waals surface area contributed by atoms with Gasteiger partial charge in [0.25, 0.3) is 0 Å². The van der Waals surface area contributed by atoms with Crippen molar-refractivity contribution in [2.75, 3.05) is 0 Å². The third-order valence-electron chi connectivity index (χ3n) is 3.19. The van der Waals surface area contributed by atoms with E-state index in [1.807, 2.05) is 24.3 Å². The third kappa shape index (κ3) is 2.94. The van der Waals surface area contributed by atoms with Crippen molar-refractivity contribution in [1.29, 1.82) is 5.41 Å². The van der Waals surface area contributed by atoms with Gasteiger partial charge in [-0.05, 0) is 42.7 Å². The topological polar surface area (TPSA) is 59.1 Å². The van der Waals surface area contributed by atoms with Gasteiger partial charge in [-0.1, -0.05) is 30.3 Å². The van der Waals surface area contributed by atoms with Crippen LogP contribution in [0.3, 0.4) is 0 Å². The van der Waals surface area contributed by atoms with Gasteiger partial charge in [0.05, 0.1) is 5.56 Å². The molecule has 0 bridgehead atoms. The molecule has 2 aromatic rings. The number of nitrogens with one attached hydrogen (secondary N) is 1. The number of aryl methyl sites for hydroxylation is 2. The first kappa shape index (κ1) is 13.1. The zero-order valence-corrected chi connectivity index (χ0v) is 11.2. The van der Waals surface area contributed by atoms with Crippen LogP contribution < -0.4 is 10.5 Å². The van der Waals surface area contributed by atoms with Crippen molar-refractivity contribution in [3.8, 4) is 5.75 Å². The number of benzene rings is 2. The fourth-order valence-electron chi connectivity index (χ4n) is 2.04. The summed E-state index contributed by atoms with van der Waals surface area (Å²) in [6, 6.07) is 13.5. The van der Waals surface area contributed by atoms with E-state index in [2.05, 4.69) is 26.0 Å². The molecular weight excluding hydrogens is 236 g/mol. The maximum absolute atomic E-state index is 7.54. The van der Waals surface area contributed by atoms with Crippen LogP contribution in [0.25, 0.3) is 0 Å². The number of nitrogen functional groups attached to an aromatic ring is 1. The van der Waals surface area contributed by atoms with E-state index in [-0.39, 0.29) is 5.84 Å². The molecule has 0 radical (unpaired) electrons. The number of hydrogen-bond donors (Lipinski definition) is 2. The van der Waals surface area contributed by atoms with Crippen molar-refractivity contribution in [3.63, 3.8) is 0 Å². The van der Waals surface area contributed by atoms with Crippen LogP contribution in [0.4, 0.5) is 0 Å². The molecule has 0 atom stereocenters. The summed E-state index contributed by atoms with van der Waals surface area (Å²) in [6.07, 6.45) is 0. The summed E-state index contributed by atoms with van der Waals surface area (Å²) in [6.45, 7) is 4.63. The van der Waals surface area contributed by atoms with Crippen molar-refractivity contribution in [3.05, 3.63) is 64.7 Å². The first-order valence-electron chi connectivity index (χ1n) is 6.21. The molecule has 0 fully saturated rings. The lowest BCUT2D eigenvalue weighted by Crippen LogP contribution is -2.13. The molecule has 0 saturated heterocycles. The van der Waals surface area contributed by atoms with Crippen LogP contribution in [0.5, 0.6) is 5.75 Å². The van der Waals surface area contributed by atoms with Crippen LogP contribution >= 0.6 is 0 Å². The van der Waals surface area contributed by atoms with Crippen LogP contribution in [-0.2, 0) is 6.61 Å². The molecule has 3 heteroatoms. The van der Waals surface area contributed by atoms with Crippen LogP contribution in [-0.4, -0.2) is 5.84 Å². The molecule has 0 unspecified atom stereocenters.